The molecule has 23 heavy (non-hydrogen) atoms. The van der Waals surface area contributed by atoms with Gasteiger partial charge < -0.3 is 14.6 Å². The molecule has 0 spiro atoms. The fourth-order valence-electron chi connectivity index (χ4n) is 3.07. The normalized spacial score (nSPS) is 21.9. The predicted octanol–water partition coefficient (Wildman–Crippen LogP) is 1.85. The van der Waals surface area contributed by atoms with Crippen molar-refractivity contribution in [1.82, 2.24) is 24.6 Å². The third kappa shape index (κ3) is 2.76. The second-order valence-corrected chi connectivity index (χ2v) is 7.40. The van der Waals surface area contributed by atoms with E-state index >= 15 is 0 Å². The average molecular weight is 335 g/mol. The maximum Gasteiger partial charge on any atom is 0.210 e. The van der Waals surface area contributed by atoms with Gasteiger partial charge in [0.25, 0.3) is 0 Å². The van der Waals surface area contributed by atoms with Crippen molar-refractivity contribution >= 4 is 17.7 Å². The summed E-state index contributed by atoms with van der Waals surface area (Å²) < 4.78 is 1.76. The summed E-state index contributed by atoms with van der Waals surface area (Å²) in [5.41, 5.74) is -0.163. The van der Waals surface area contributed by atoms with E-state index in [2.05, 4.69) is 22.1 Å². The molecule has 1 aliphatic rings. The van der Waals surface area contributed by atoms with Crippen LogP contribution >= 0.6 is 11.3 Å². The van der Waals surface area contributed by atoms with Crippen LogP contribution in [0.2, 0.25) is 0 Å². The summed E-state index contributed by atoms with van der Waals surface area (Å²) in [5, 5.41) is 21.1. The first-order valence-electron chi connectivity index (χ1n) is 7.63. The Balaban J connectivity index is 1.91. The molecule has 1 amide bonds. The summed E-state index contributed by atoms with van der Waals surface area (Å²) in [6.45, 7) is 5.41. The Kier molecular flexibility index (Phi) is 3.97. The van der Waals surface area contributed by atoms with Crippen molar-refractivity contribution in [2.45, 2.75) is 51.3 Å². The Hall–Kier alpha value is -1.80. The van der Waals surface area contributed by atoms with Crippen LogP contribution in [0, 0.1) is 0 Å². The van der Waals surface area contributed by atoms with Gasteiger partial charge in [-0.3, -0.25) is 4.79 Å². The summed E-state index contributed by atoms with van der Waals surface area (Å²) in [6.07, 6.45) is 2.83. The Bertz CT molecular complexity index is 718. The van der Waals surface area contributed by atoms with Gasteiger partial charge in [0.1, 0.15) is 5.60 Å². The molecule has 3 heterocycles. The van der Waals surface area contributed by atoms with Gasteiger partial charge in [-0.2, -0.15) is 0 Å². The average Bonchev–Trinajstić information content (AvgIpc) is 3.15. The van der Waals surface area contributed by atoms with E-state index in [-0.39, 0.29) is 12.1 Å². The summed E-state index contributed by atoms with van der Waals surface area (Å²) in [6, 6.07) is 0.286. The lowest BCUT2D eigenvalue weighted by Gasteiger charge is -2.22. The number of aliphatic hydroxyl groups is 1. The largest absolute Gasteiger partial charge is 0.382 e. The third-order valence-corrected chi connectivity index (χ3v) is 5.18. The van der Waals surface area contributed by atoms with Crippen molar-refractivity contribution < 1.29 is 9.90 Å². The minimum absolute atomic E-state index is 0.0366. The molecular weight excluding hydrogens is 314 g/mol. The van der Waals surface area contributed by atoms with Gasteiger partial charge in [-0.15, -0.1) is 21.5 Å². The number of hydrogen-bond acceptors (Lipinski definition) is 6. The SMILES string of the molecule is CC1CCC(c2csc(-c3nnc(C(C)(C)O)n3C)n2)N1C=O. The minimum Gasteiger partial charge on any atom is -0.382 e. The topological polar surface area (TPSA) is 84.1 Å². The third-order valence-electron chi connectivity index (χ3n) is 4.33. The Labute approximate surface area is 139 Å². The number of hydrogen-bond donors (Lipinski definition) is 1. The number of rotatable bonds is 4. The summed E-state index contributed by atoms with van der Waals surface area (Å²) in [4.78, 5) is 17.8. The van der Waals surface area contributed by atoms with E-state index in [0.29, 0.717) is 11.6 Å². The molecule has 8 heteroatoms. The quantitative estimate of drug-likeness (QED) is 0.862. The molecule has 2 aromatic heterocycles. The zero-order chi connectivity index (χ0) is 16.8. The second kappa shape index (κ2) is 5.68. The van der Waals surface area contributed by atoms with Crippen molar-refractivity contribution in [3.8, 4) is 10.8 Å². The van der Waals surface area contributed by atoms with Crippen molar-refractivity contribution in [1.29, 1.82) is 0 Å². The molecule has 1 saturated heterocycles. The first-order chi connectivity index (χ1) is 10.8. The molecular formula is C15H21N5O2S. The van der Waals surface area contributed by atoms with Gasteiger partial charge in [0.2, 0.25) is 6.41 Å². The highest BCUT2D eigenvalue weighted by Crippen LogP contribution is 2.36. The molecule has 0 aliphatic carbocycles. The monoisotopic (exact) mass is 335 g/mol. The van der Waals surface area contributed by atoms with Crippen LogP contribution < -0.4 is 0 Å². The Morgan fingerprint density at radius 1 is 1.39 bits per heavy atom. The molecule has 1 fully saturated rings. The fourth-order valence-corrected chi connectivity index (χ4v) is 3.96. The molecule has 1 N–H and O–H groups in total. The van der Waals surface area contributed by atoms with E-state index in [0.717, 1.165) is 30.0 Å². The van der Waals surface area contributed by atoms with Gasteiger partial charge >= 0.3 is 0 Å². The second-order valence-electron chi connectivity index (χ2n) is 6.54. The molecule has 0 aromatic carbocycles. The predicted molar refractivity (Wildman–Crippen MR) is 86.7 cm³/mol. The van der Waals surface area contributed by atoms with Crippen LogP contribution in [0.4, 0.5) is 0 Å². The number of amides is 1. The number of carbonyl (C=O) groups excluding carboxylic acids is 1. The standard InChI is InChI=1S/C15H21N5O2S/c1-9-5-6-11(20(9)8-21)10-7-23-13(16-10)12-17-18-14(19(12)4)15(2,3)22/h7-9,11,22H,5-6H2,1-4H3. The van der Waals surface area contributed by atoms with E-state index in [9.17, 15) is 9.90 Å². The molecule has 7 nitrogen and oxygen atoms in total. The van der Waals surface area contributed by atoms with Gasteiger partial charge in [-0.25, -0.2) is 4.98 Å². The lowest BCUT2D eigenvalue weighted by molar-refractivity contribution is -0.120. The van der Waals surface area contributed by atoms with Crippen LogP contribution in [-0.4, -0.2) is 42.2 Å². The maximum atomic E-state index is 11.3. The van der Waals surface area contributed by atoms with E-state index in [1.807, 2.05) is 17.3 Å². The van der Waals surface area contributed by atoms with Crippen LogP contribution in [0.3, 0.4) is 0 Å². The fraction of sp³-hybridized carbons (Fsp3) is 0.600. The zero-order valence-electron chi connectivity index (χ0n) is 13.7. The van der Waals surface area contributed by atoms with Gasteiger partial charge in [-0.1, -0.05) is 0 Å². The van der Waals surface area contributed by atoms with E-state index in [1.165, 1.54) is 11.3 Å². The van der Waals surface area contributed by atoms with Crippen molar-refractivity contribution in [2.75, 3.05) is 0 Å². The van der Waals surface area contributed by atoms with Crippen LogP contribution in [0.15, 0.2) is 5.38 Å². The molecule has 0 bridgehead atoms. The first kappa shape index (κ1) is 16.1. The lowest BCUT2D eigenvalue weighted by atomic mass is 10.1. The van der Waals surface area contributed by atoms with E-state index in [4.69, 9.17) is 0 Å². The number of nitrogens with zero attached hydrogens (tertiary/aromatic N) is 5. The summed E-state index contributed by atoms with van der Waals surface area (Å²) in [5.74, 6) is 1.12. The Morgan fingerprint density at radius 2 is 2.13 bits per heavy atom. The molecule has 0 saturated carbocycles. The van der Waals surface area contributed by atoms with Crippen LogP contribution in [0.5, 0.6) is 0 Å². The van der Waals surface area contributed by atoms with Crippen molar-refractivity contribution in [2.24, 2.45) is 7.05 Å². The van der Waals surface area contributed by atoms with Crippen LogP contribution in [0.25, 0.3) is 10.8 Å². The smallest absolute Gasteiger partial charge is 0.210 e. The highest BCUT2D eigenvalue weighted by atomic mass is 32.1. The summed E-state index contributed by atoms with van der Waals surface area (Å²) >= 11 is 1.48. The number of aromatic nitrogens is 4. The van der Waals surface area contributed by atoms with Gasteiger partial charge in [0, 0.05) is 18.5 Å². The van der Waals surface area contributed by atoms with Crippen LogP contribution in [0.1, 0.15) is 51.2 Å². The molecule has 124 valence electrons. The van der Waals surface area contributed by atoms with E-state index < -0.39 is 5.60 Å². The molecule has 3 rings (SSSR count). The highest BCUT2D eigenvalue weighted by Gasteiger charge is 2.33. The van der Waals surface area contributed by atoms with Crippen molar-refractivity contribution in [3.63, 3.8) is 0 Å². The van der Waals surface area contributed by atoms with Gasteiger partial charge in [-0.05, 0) is 33.6 Å². The maximum absolute atomic E-state index is 11.3. The highest BCUT2D eigenvalue weighted by molar-refractivity contribution is 7.13. The molecule has 2 atom stereocenters. The molecule has 0 radical (unpaired) electrons. The van der Waals surface area contributed by atoms with Crippen LogP contribution in [-0.2, 0) is 17.4 Å². The number of likely N-dealkylation sites (tertiary alicyclic amines) is 1. The number of carbonyl (C=O) groups is 1. The summed E-state index contributed by atoms with van der Waals surface area (Å²) in [7, 11) is 1.82. The van der Waals surface area contributed by atoms with E-state index in [1.54, 1.807) is 18.4 Å². The van der Waals surface area contributed by atoms with Gasteiger partial charge in [0.05, 0.1) is 11.7 Å². The van der Waals surface area contributed by atoms with Gasteiger partial charge in [0.15, 0.2) is 16.7 Å². The first-order valence-corrected chi connectivity index (χ1v) is 8.51. The Morgan fingerprint density at radius 3 is 2.74 bits per heavy atom. The molecule has 2 aromatic rings. The van der Waals surface area contributed by atoms with Crippen molar-refractivity contribution in [3.05, 3.63) is 16.9 Å². The lowest BCUT2D eigenvalue weighted by Crippen LogP contribution is -2.28. The zero-order valence-corrected chi connectivity index (χ0v) is 14.5. The number of thiazole rings is 1. The minimum atomic E-state index is -1.06. The molecule has 1 aliphatic heterocycles. The molecule has 2 unspecified atom stereocenters.